The average Bonchev–Trinajstić information content (AvgIpc) is 3.39. The smallest absolute Gasteiger partial charge is 0.407 e. The second-order valence-electron chi connectivity index (χ2n) is 9.56. The van der Waals surface area contributed by atoms with Gasteiger partial charge >= 0.3 is 12.1 Å². The predicted octanol–water partition coefficient (Wildman–Crippen LogP) is 4.26. The van der Waals surface area contributed by atoms with E-state index in [0.717, 1.165) is 19.3 Å². The molecule has 1 saturated carbocycles. The van der Waals surface area contributed by atoms with Crippen LogP contribution in [0.15, 0.2) is 48.5 Å². The first-order chi connectivity index (χ1) is 16.3. The number of carbonyl (C=O) groups is 3. The molecule has 2 N–H and O–H groups in total. The maximum Gasteiger partial charge on any atom is 0.407 e. The Balaban J connectivity index is 1.25. The number of fused-ring (bicyclic) bond motifs is 3. The van der Waals surface area contributed by atoms with Gasteiger partial charge in [-0.1, -0.05) is 55.5 Å². The number of nitrogens with one attached hydrogen (secondary N) is 1. The molecular weight excluding hydrogens is 432 g/mol. The number of carboxylic acid groups (broad SMARTS) is 1. The third-order valence-corrected chi connectivity index (χ3v) is 7.07. The van der Waals surface area contributed by atoms with E-state index < -0.39 is 18.0 Å². The van der Waals surface area contributed by atoms with Crippen LogP contribution < -0.4 is 5.32 Å². The molecule has 7 nitrogen and oxygen atoms in total. The minimum atomic E-state index is -0.909. The van der Waals surface area contributed by atoms with Crippen LogP contribution in [0.1, 0.15) is 49.7 Å². The van der Waals surface area contributed by atoms with Crippen LogP contribution in [-0.2, 0) is 14.3 Å². The zero-order chi connectivity index (χ0) is 24.2. The maximum absolute atomic E-state index is 12.5. The Morgan fingerprint density at radius 1 is 1.06 bits per heavy atom. The fraction of sp³-hybridized carbons (Fsp3) is 0.444. The topological polar surface area (TPSA) is 95.9 Å². The Kier molecular flexibility index (Phi) is 7.20. The first-order valence-corrected chi connectivity index (χ1v) is 11.9. The highest BCUT2D eigenvalue weighted by molar-refractivity contribution is 5.79. The molecule has 0 radical (unpaired) electrons. The number of ether oxygens (including phenoxy) is 1. The second-order valence-corrected chi connectivity index (χ2v) is 9.56. The number of carboxylic acids is 1. The molecule has 180 valence electrons. The van der Waals surface area contributed by atoms with Crippen LogP contribution in [0.5, 0.6) is 0 Å². The number of nitrogens with zero attached hydrogens (tertiary/aromatic N) is 1. The summed E-state index contributed by atoms with van der Waals surface area (Å²) in [5, 5.41) is 12.0. The van der Waals surface area contributed by atoms with E-state index in [4.69, 9.17) is 9.84 Å². The molecule has 2 aromatic rings. The van der Waals surface area contributed by atoms with Gasteiger partial charge in [-0.3, -0.25) is 9.59 Å². The van der Waals surface area contributed by atoms with Crippen LogP contribution in [0.3, 0.4) is 0 Å². The molecule has 3 atom stereocenters. The van der Waals surface area contributed by atoms with E-state index in [1.807, 2.05) is 24.3 Å². The number of benzene rings is 2. The van der Waals surface area contributed by atoms with E-state index in [1.165, 1.54) is 27.2 Å². The van der Waals surface area contributed by atoms with Crippen molar-refractivity contribution in [1.29, 1.82) is 0 Å². The summed E-state index contributed by atoms with van der Waals surface area (Å²) in [7, 11) is 1.64. The molecule has 2 amide bonds. The van der Waals surface area contributed by atoms with E-state index in [9.17, 15) is 14.4 Å². The van der Waals surface area contributed by atoms with Crippen molar-refractivity contribution >= 4 is 18.0 Å². The first kappa shape index (κ1) is 23.8. The first-order valence-electron chi connectivity index (χ1n) is 11.9. The molecule has 0 spiro atoms. The van der Waals surface area contributed by atoms with Crippen LogP contribution in [0, 0.1) is 11.8 Å². The molecule has 7 heteroatoms. The Bertz CT molecular complexity index is 1020. The molecule has 0 aromatic heterocycles. The third-order valence-electron chi connectivity index (χ3n) is 7.07. The summed E-state index contributed by atoms with van der Waals surface area (Å²) in [5.41, 5.74) is 4.74. The van der Waals surface area contributed by atoms with Gasteiger partial charge in [-0.2, -0.15) is 0 Å². The number of hydrogen-bond acceptors (Lipinski definition) is 4. The number of rotatable bonds is 8. The Morgan fingerprint density at radius 2 is 1.68 bits per heavy atom. The van der Waals surface area contributed by atoms with Crippen molar-refractivity contribution in [1.82, 2.24) is 10.2 Å². The van der Waals surface area contributed by atoms with Crippen molar-refractivity contribution in [2.45, 2.75) is 44.6 Å². The molecule has 2 aliphatic rings. The number of carbonyl (C=O) groups excluding carboxylic acids is 2. The van der Waals surface area contributed by atoms with E-state index in [-0.39, 0.29) is 36.9 Å². The predicted molar refractivity (Wildman–Crippen MR) is 128 cm³/mol. The molecule has 0 aliphatic heterocycles. The van der Waals surface area contributed by atoms with Gasteiger partial charge in [0, 0.05) is 32.0 Å². The minimum Gasteiger partial charge on any atom is -0.481 e. The van der Waals surface area contributed by atoms with Gasteiger partial charge in [0.15, 0.2) is 0 Å². The van der Waals surface area contributed by atoms with Crippen LogP contribution >= 0.6 is 0 Å². The molecule has 1 fully saturated rings. The third kappa shape index (κ3) is 5.24. The summed E-state index contributed by atoms with van der Waals surface area (Å²) >= 11 is 0. The Labute approximate surface area is 200 Å². The van der Waals surface area contributed by atoms with Gasteiger partial charge < -0.3 is 20.1 Å². The van der Waals surface area contributed by atoms with Crippen molar-refractivity contribution < 1.29 is 24.2 Å². The molecule has 2 aliphatic carbocycles. The zero-order valence-electron chi connectivity index (χ0n) is 19.7. The maximum atomic E-state index is 12.5. The summed E-state index contributed by atoms with van der Waals surface area (Å²) in [4.78, 5) is 37.5. The molecule has 34 heavy (non-hydrogen) atoms. The van der Waals surface area contributed by atoms with Gasteiger partial charge in [-0.05, 0) is 47.4 Å². The van der Waals surface area contributed by atoms with Crippen molar-refractivity contribution in [3.05, 3.63) is 59.7 Å². The minimum absolute atomic E-state index is 0.0169. The summed E-state index contributed by atoms with van der Waals surface area (Å²) in [5.74, 6) is -1.36. The fourth-order valence-electron chi connectivity index (χ4n) is 5.19. The molecule has 0 saturated heterocycles. The second kappa shape index (κ2) is 10.3. The summed E-state index contributed by atoms with van der Waals surface area (Å²) in [6.45, 7) is 2.07. The Hall–Kier alpha value is -3.35. The van der Waals surface area contributed by atoms with Gasteiger partial charge in [-0.25, -0.2) is 4.79 Å². The normalized spacial score (nSPS) is 19.7. The van der Waals surface area contributed by atoms with Gasteiger partial charge in [0.1, 0.15) is 6.61 Å². The van der Waals surface area contributed by atoms with Crippen LogP contribution in [0.4, 0.5) is 4.79 Å². The highest BCUT2D eigenvalue weighted by Crippen LogP contribution is 2.44. The van der Waals surface area contributed by atoms with Gasteiger partial charge in [0.05, 0.1) is 5.92 Å². The lowest BCUT2D eigenvalue weighted by molar-refractivity contribution is -0.142. The standard InChI is InChI=1S/C27H32N2O5/c1-17(26(31)32)15-29(2)25(30)14-18-11-12-19(13-18)28-27(33)34-16-24-22-9-5-3-7-20(22)21-8-4-6-10-23(21)24/h3-10,17-19,24H,11-16H2,1-2H3,(H,28,33)(H,31,32). The average molecular weight is 465 g/mol. The number of hydrogen-bond donors (Lipinski definition) is 2. The summed E-state index contributed by atoms with van der Waals surface area (Å²) in [6.07, 6.45) is 2.32. The fourth-order valence-corrected chi connectivity index (χ4v) is 5.19. The van der Waals surface area contributed by atoms with Gasteiger partial charge in [-0.15, -0.1) is 0 Å². The number of aliphatic carboxylic acids is 1. The van der Waals surface area contributed by atoms with Gasteiger partial charge in [0.2, 0.25) is 5.91 Å². The van der Waals surface area contributed by atoms with Crippen LogP contribution in [-0.4, -0.2) is 54.2 Å². The summed E-state index contributed by atoms with van der Waals surface area (Å²) in [6, 6.07) is 16.4. The molecule has 0 bridgehead atoms. The SMILES string of the molecule is CC(CN(C)C(=O)CC1CCC(NC(=O)OCC2c3ccccc3-c3ccccc32)C1)C(=O)O. The van der Waals surface area contributed by atoms with Crippen molar-refractivity contribution in [2.24, 2.45) is 11.8 Å². The van der Waals surface area contributed by atoms with E-state index in [2.05, 4.69) is 29.6 Å². The molecule has 2 aromatic carbocycles. The highest BCUT2D eigenvalue weighted by Gasteiger charge is 2.31. The summed E-state index contributed by atoms with van der Waals surface area (Å²) < 4.78 is 5.64. The molecular formula is C27H32N2O5. The number of amides is 2. The van der Waals surface area contributed by atoms with E-state index >= 15 is 0 Å². The zero-order valence-corrected chi connectivity index (χ0v) is 19.7. The van der Waals surface area contributed by atoms with Crippen molar-refractivity contribution in [3.8, 4) is 11.1 Å². The lowest BCUT2D eigenvalue weighted by Crippen LogP contribution is -2.35. The highest BCUT2D eigenvalue weighted by atomic mass is 16.5. The number of alkyl carbamates (subject to hydrolysis) is 1. The lowest BCUT2D eigenvalue weighted by Gasteiger charge is -2.21. The molecule has 3 unspecified atom stereocenters. The van der Waals surface area contributed by atoms with E-state index in [0.29, 0.717) is 6.42 Å². The van der Waals surface area contributed by atoms with Crippen LogP contribution in [0.2, 0.25) is 0 Å². The molecule has 0 heterocycles. The quantitative estimate of drug-likeness (QED) is 0.609. The van der Waals surface area contributed by atoms with Gasteiger partial charge in [0.25, 0.3) is 0 Å². The Morgan fingerprint density at radius 3 is 2.29 bits per heavy atom. The monoisotopic (exact) mass is 464 g/mol. The largest absolute Gasteiger partial charge is 0.481 e. The van der Waals surface area contributed by atoms with Crippen LogP contribution in [0.25, 0.3) is 11.1 Å². The molecule has 4 rings (SSSR count). The lowest BCUT2D eigenvalue weighted by atomic mass is 9.98. The van der Waals surface area contributed by atoms with Crippen molar-refractivity contribution in [3.63, 3.8) is 0 Å². The van der Waals surface area contributed by atoms with E-state index in [1.54, 1.807) is 14.0 Å². The van der Waals surface area contributed by atoms with Crippen molar-refractivity contribution in [2.75, 3.05) is 20.2 Å².